The summed E-state index contributed by atoms with van der Waals surface area (Å²) in [5, 5.41) is 3.61. The van der Waals surface area contributed by atoms with Gasteiger partial charge in [0.05, 0.1) is 0 Å². The lowest BCUT2D eigenvalue weighted by atomic mass is 10.0. The lowest BCUT2D eigenvalue weighted by Crippen LogP contribution is -2.23. The molecule has 0 fully saturated rings. The number of rotatable bonds is 7. The monoisotopic (exact) mass is 285 g/mol. The lowest BCUT2D eigenvalue weighted by Gasteiger charge is -2.20. The zero-order chi connectivity index (χ0) is 14.2. The highest BCUT2D eigenvalue weighted by Crippen LogP contribution is 2.23. The number of thioether (sulfide) groups is 1. The minimum Gasteiger partial charge on any atom is -0.310 e. The van der Waals surface area contributed by atoms with Crippen LogP contribution in [0, 0.1) is 6.92 Å². The van der Waals surface area contributed by atoms with Gasteiger partial charge in [-0.05, 0) is 30.2 Å². The maximum atomic E-state index is 3.61. The van der Waals surface area contributed by atoms with E-state index in [1.165, 1.54) is 16.7 Å². The molecule has 0 aromatic heterocycles. The predicted molar refractivity (Wildman–Crippen MR) is 90.2 cm³/mol. The third-order valence-electron chi connectivity index (χ3n) is 3.41. The van der Waals surface area contributed by atoms with E-state index < -0.39 is 0 Å². The first-order valence-electron chi connectivity index (χ1n) is 7.22. The zero-order valence-electron chi connectivity index (χ0n) is 12.3. The van der Waals surface area contributed by atoms with Gasteiger partial charge in [-0.1, -0.05) is 61.5 Å². The molecule has 0 amide bonds. The van der Waals surface area contributed by atoms with E-state index in [1.807, 2.05) is 11.8 Å². The van der Waals surface area contributed by atoms with Crippen molar-refractivity contribution in [2.75, 3.05) is 12.3 Å². The van der Waals surface area contributed by atoms with Crippen molar-refractivity contribution in [1.29, 1.82) is 0 Å². The van der Waals surface area contributed by atoms with Gasteiger partial charge in [-0.3, -0.25) is 0 Å². The molecule has 2 rings (SSSR count). The van der Waals surface area contributed by atoms with Gasteiger partial charge in [-0.15, -0.1) is 0 Å². The van der Waals surface area contributed by atoms with E-state index in [9.17, 15) is 0 Å². The van der Waals surface area contributed by atoms with E-state index in [4.69, 9.17) is 0 Å². The third kappa shape index (κ3) is 4.39. The molecule has 1 N–H and O–H groups in total. The molecule has 106 valence electrons. The summed E-state index contributed by atoms with van der Waals surface area (Å²) in [6.45, 7) is 5.37. The van der Waals surface area contributed by atoms with Gasteiger partial charge < -0.3 is 5.32 Å². The molecule has 1 atom stereocenters. The molecule has 1 unspecified atom stereocenters. The van der Waals surface area contributed by atoms with Gasteiger partial charge in [-0.25, -0.2) is 0 Å². The Kier molecular flexibility index (Phi) is 6.16. The van der Waals surface area contributed by atoms with Gasteiger partial charge >= 0.3 is 0 Å². The van der Waals surface area contributed by atoms with E-state index >= 15 is 0 Å². The Morgan fingerprint density at radius 3 is 2.40 bits per heavy atom. The Balaban J connectivity index is 1.95. The second-order valence-electron chi connectivity index (χ2n) is 4.97. The van der Waals surface area contributed by atoms with Gasteiger partial charge in [0, 0.05) is 17.5 Å². The van der Waals surface area contributed by atoms with Gasteiger partial charge in [0.15, 0.2) is 0 Å². The first-order valence-corrected chi connectivity index (χ1v) is 8.37. The Labute approximate surface area is 126 Å². The number of aryl methyl sites for hydroxylation is 1. The maximum Gasteiger partial charge on any atom is 0.0414 e. The van der Waals surface area contributed by atoms with Crippen LogP contribution in [0.2, 0.25) is 0 Å². The van der Waals surface area contributed by atoms with E-state index in [-0.39, 0.29) is 0 Å². The molecule has 0 bridgehead atoms. The summed E-state index contributed by atoms with van der Waals surface area (Å²) in [4.78, 5) is 0. The van der Waals surface area contributed by atoms with Crippen LogP contribution < -0.4 is 5.32 Å². The molecule has 0 aliphatic carbocycles. The minimum absolute atomic E-state index is 0.440. The summed E-state index contributed by atoms with van der Waals surface area (Å²) in [5.74, 6) is 2.18. The van der Waals surface area contributed by atoms with Crippen molar-refractivity contribution in [2.24, 2.45) is 0 Å². The van der Waals surface area contributed by atoms with Crippen LogP contribution in [-0.2, 0) is 5.75 Å². The summed E-state index contributed by atoms with van der Waals surface area (Å²) >= 11 is 2.00. The molecular formula is C18H23NS. The topological polar surface area (TPSA) is 12.0 Å². The summed E-state index contributed by atoms with van der Waals surface area (Å²) in [6, 6.07) is 19.8. The van der Waals surface area contributed by atoms with Crippen LogP contribution in [0.1, 0.15) is 29.7 Å². The first kappa shape index (κ1) is 15.1. The van der Waals surface area contributed by atoms with E-state index in [2.05, 4.69) is 73.8 Å². The van der Waals surface area contributed by atoms with Gasteiger partial charge in [0.1, 0.15) is 0 Å². The fourth-order valence-corrected chi connectivity index (χ4v) is 3.43. The van der Waals surface area contributed by atoms with Gasteiger partial charge in [-0.2, -0.15) is 11.8 Å². The summed E-state index contributed by atoms with van der Waals surface area (Å²) in [7, 11) is 0. The quantitative estimate of drug-likeness (QED) is 0.799. The van der Waals surface area contributed by atoms with Crippen molar-refractivity contribution in [3.05, 3.63) is 71.3 Å². The summed E-state index contributed by atoms with van der Waals surface area (Å²) in [5.41, 5.74) is 4.20. The fourth-order valence-electron chi connectivity index (χ4n) is 2.35. The molecule has 2 heteroatoms. The highest BCUT2D eigenvalue weighted by molar-refractivity contribution is 7.98. The van der Waals surface area contributed by atoms with E-state index in [1.54, 1.807) is 0 Å². The highest BCUT2D eigenvalue weighted by atomic mass is 32.2. The average molecular weight is 285 g/mol. The Hall–Kier alpha value is -1.25. The first-order chi connectivity index (χ1) is 9.81. The minimum atomic E-state index is 0.440. The smallest absolute Gasteiger partial charge is 0.0414 e. The number of hydrogen-bond acceptors (Lipinski definition) is 2. The maximum absolute atomic E-state index is 3.61. The van der Waals surface area contributed by atoms with Crippen LogP contribution in [0.25, 0.3) is 0 Å². The second-order valence-corrected chi connectivity index (χ2v) is 6.00. The molecule has 0 aliphatic heterocycles. The lowest BCUT2D eigenvalue weighted by molar-refractivity contribution is 0.603. The van der Waals surface area contributed by atoms with Gasteiger partial charge in [0.2, 0.25) is 0 Å². The van der Waals surface area contributed by atoms with Crippen molar-refractivity contribution in [3.8, 4) is 0 Å². The van der Waals surface area contributed by atoms with Gasteiger partial charge in [0.25, 0.3) is 0 Å². The van der Waals surface area contributed by atoms with Crippen LogP contribution in [-0.4, -0.2) is 12.3 Å². The Bertz CT molecular complexity index is 510. The van der Waals surface area contributed by atoms with Crippen LogP contribution in [0.3, 0.4) is 0 Å². The molecule has 1 nitrogen and oxygen atoms in total. The number of hydrogen-bond donors (Lipinski definition) is 1. The highest BCUT2D eigenvalue weighted by Gasteiger charge is 2.12. The van der Waals surface area contributed by atoms with Crippen LogP contribution in [0.15, 0.2) is 54.6 Å². The molecule has 2 aromatic rings. The predicted octanol–water partition coefficient (Wildman–Crippen LogP) is 4.58. The van der Waals surface area contributed by atoms with Crippen molar-refractivity contribution >= 4 is 11.8 Å². The SMILES string of the molecule is CCNC(CSCc1ccccc1)c1ccccc1C. The molecule has 0 radical (unpaired) electrons. The van der Waals surface area contributed by atoms with Crippen molar-refractivity contribution in [1.82, 2.24) is 5.32 Å². The molecule has 0 spiro atoms. The second kappa shape index (κ2) is 8.13. The summed E-state index contributed by atoms with van der Waals surface area (Å²) in [6.07, 6.45) is 0. The van der Waals surface area contributed by atoms with Crippen LogP contribution in [0.5, 0.6) is 0 Å². The third-order valence-corrected chi connectivity index (χ3v) is 4.52. The molecule has 0 aliphatic rings. The molecule has 2 aromatic carbocycles. The Morgan fingerprint density at radius 2 is 1.70 bits per heavy atom. The molecule has 0 saturated heterocycles. The van der Waals surface area contributed by atoms with Crippen LogP contribution >= 0.6 is 11.8 Å². The van der Waals surface area contributed by atoms with E-state index in [0.717, 1.165) is 18.1 Å². The standard InChI is InChI=1S/C18H23NS/c1-3-19-18(17-12-8-7-9-15(17)2)14-20-13-16-10-5-4-6-11-16/h4-12,18-19H,3,13-14H2,1-2H3. The molecule has 0 heterocycles. The molecular weight excluding hydrogens is 262 g/mol. The molecule has 20 heavy (non-hydrogen) atoms. The van der Waals surface area contributed by atoms with E-state index in [0.29, 0.717) is 6.04 Å². The normalized spacial score (nSPS) is 12.3. The average Bonchev–Trinajstić information content (AvgIpc) is 2.48. The molecule has 0 saturated carbocycles. The summed E-state index contributed by atoms with van der Waals surface area (Å²) < 4.78 is 0. The fraction of sp³-hybridized carbons (Fsp3) is 0.333. The van der Waals surface area contributed by atoms with Crippen molar-refractivity contribution in [3.63, 3.8) is 0 Å². The van der Waals surface area contributed by atoms with Crippen molar-refractivity contribution < 1.29 is 0 Å². The number of benzene rings is 2. The van der Waals surface area contributed by atoms with Crippen molar-refractivity contribution in [2.45, 2.75) is 25.6 Å². The largest absolute Gasteiger partial charge is 0.310 e. The number of nitrogens with one attached hydrogen (secondary N) is 1. The zero-order valence-corrected chi connectivity index (χ0v) is 13.1. The van der Waals surface area contributed by atoms with Crippen LogP contribution in [0.4, 0.5) is 0 Å². The Morgan fingerprint density at radius 1 is 1.00 bits per heavy atom.